The highest BCUT2D eigenvalue weighted by atomic mass is 19.1. The molecule has 3 N–H and O–H groups in total. The van der Waals surface area contributed by atoms with Crippen molar-refractivity contribution < 1.29 is 28.5 Å². The predicted octanol–water partition coefficient (Wildman–Crippen LogP) is 2.79. The van der Waals surface area contributed by atoms with Gasteiger partial charge in [-0.05, 0) is 42.2 Å². The molecule has 1 unspecified atom stereocenters. The van der Waals surface area contributed by atoms with Crippen LogP contribution in [-0.4, -0.2) is 52.4 Å². The summed E-state index contributed by atoms with van der Waals surface area (Å²) in [4.78, 5) is 13.6. The van der Waals surface area contributed by atoms with Gasteiger partial charge in [-0.15, -0.1) is 0 Å². The number of hydrogen-bond donors (Lipinski definition) is 3. The number of aryl methyl sites for hydroxylation is 1. The van der Waals surface area contributed by atoms with Crippen LogP contribution in [-0.2, 0) is 11.2 Å². The number of amides is 1. The average Bonchev–Trinajstić information content (AvgIpc) is 3.20. The molecule has 32 heavy (non-hydrogen) atoms. The maximum atomic E-state index is 13.9. The first-order valence-corrected chi connectivity index (χ1v) is 11.0. The zero-order chi connectivity index (χ0) is 22.5. The molecule has 0 spiro atoms. The standard InChI is InChI=1S/C24H26F2N2O4/c25-17-3-4-19(26)22(9-17)32-18-8-16-11-28(13-24(16,31)10-18)12-21(29)15-1-5-20-14(7-15)2-6-23(30)27-20/h1,3-5,7,9,16,18,21,29,31H,2,6,8,10-13H2,(H,27,30)/t16-,18+,21?,24-/m0/s1. The van der Waals surface area contributed by atoms with E-state index in [1.165, 1.54) is 0 Å². The molecule has 8 heteroatoms. The summed E-state index contributed by atoms with van der Waals surface area (Å²) in [5.41, 5.74) is 1.62. The number of likely N-dealkylation sites (tertiary alicyclic amines) is 1. The zero-order valence-corrected chi connectivity index (χ0v) is 17.6. The molecule has 1 saturated carbocycles. The second kappa shape index (κ2) is 8.10. The minimum absolute atomic E-state index is 0.00469. The van der Waals surface area contributed by atoms with Gasteiger partial charge in [0, 0.05) is 50.1 Å². The highest BCUT2D eigenvalue weighted by Gasteiger charge is 2.53. The lowest BCUT2D eigenvalue weighted by Crippen LogP contribution is -2.36. The Balaban J connectivity index is 1.19. The third-order valence-electron chi connectivity index (χ3n) is 6.89. The van der Waals surface area contributed by atoms with Gasteiger partial charge in [0.2, 0.25) is 5.91 Å². The third kappa shape index (κ3) is 4.10. The Kier molecular flexibility index (Phi) is 5.39. The molecule has 0 bridgehead atoms. The van der Waals surface area contributed by atoms with E-state index in [2.05, 4.69) is 5.32 Å². The molecule has 2 aromatic carbocycles. The van der Waals surface area contributed by atoms with E-state index in [4.69, 9.17) is 4.74 Å². The number of ether oxygens (including phenoxy) is 1. The number of benzene rings is 2. The smallest absolute Gasteiger partial charge is 0.224 e. The van der Waals surface area contributed by atoms with Crippen LogP contribution in [0.5, 0.6) is 5.75 Å². The van der Waals surface area contributed by atoms with Crippen LogP contribution in [0.3, 0.4) is 0 Å². The quantitative estimate of drug-likeness (QED) is 0.661. The summed E-state index contributed by atoms with van der Waals surface area (Å²) in [5.74, 6) is -1.37. The highest BCUT2D eigenvalue weighted by Crippen LogP contribution is 2.43. The number of nitrogens with one attached hydrogen (secondary N) is 1. The molecular weight excluding hydrogens is 418 g/mol. The average molecular weight is 444 g/mol. The zero-order valence-electron chi connectivity index (χ0n) is 17.6. The number of β-amino-alcohol motifs (C(OH)–C–C–N with tert-alkyl or cyclic N) is 2. The van der Waals surface area contributed by atoms with Gasteiger partial charge >= 0.3 is 0 Å². The molecule has 2 fully saturated rings. The van der Waals surface area contributed by atoms with Gasteiger partial charge in [-0.1, -0.05) is 12.1 Å². The van der Waals surface area contributed by atoms with Crippen LogP contribution >= 0.6 is 0 Å². The molecule has 2 heterocycles. The van der Waals surface area contributed by atoms with E-state index in [9.17, 15) is 23.8 Å². The number of hydrogen-bond acceptors (Lipinski definition) is 5. The fourth-order valence-electron chi connectivity index (χ4n) is 5.32. The van der Waals surface area contributed by atoms with Crippen LogP contribution in [0.2, 0.25) is 0 Å². The molecule has 1 aliphatic carbocycles. The number of aliphatic hydroxyl groups is 2. The fraction of sp³-hybridized carbons (Fsp3) is 0.458. The molecular formula is C24H26F2N2O4. The summed E-state index contributed by atoms with van der Waals surface area (Å²) in [7, 11) is 0. The van der Waals surface area contributed by atoms with E-state index in [-0.39, 0.29) is 23.7 Å². The van der Waals surface area contributed by atoms with Gasteiger partial charge in [-0.3, -0.25) is 9.69 Å². The van der Waals surface area contributed by atoms with E-state index in [1.54, 1.807) is 0 Å². The van der Waals surface area contributed by atoms with Crippen LogP contribution in [0, 0.1) is 17.6 Å². The third-order valence-corrected chi connectivity index (χ3v) is 6.89. The second-order valence-corrected chi connectivity index (χ2v) is 9.23. The first kappa shape index (κ1) is 21.3. The van der Waals surface area contributed by atoms with Gasteiger partial charge in [0.25, 0.3) is 0 Å². The topological polar surface area (TPSA) is 82.0 Å². The lowest BCUT2D eigenvalue weighted by atomic mass is 9.95. The Morgan fingerprint density at radius 2 is 2.06 bits per heavy atom. The molecule has 1 amide bonds. The van der Waals surface area contributed by atoms with Gasteiger partial charge in [-0.2, -0.15) is 0 Å². The monoisotopic (exact) mass is 444 g/mol. The number of carbonyl (C=O) groups is 1. The van der Waals surface area contributed by atoms with Gasteiger partial charge in [0.05, 0.1) is 11.7 Å². The minimum Gasteiger partial charge on any atom is -0.487 e. The molecule has 4 atom stereocenters. The van der Waals surface area contributed by atoms with Crippen LogP contribution < -0.4 is 10.1 Å². The predicted molar refractivity (Wildman–Crippen MR) is 113 cm³/mol. The van der Waals surface area contributed by atoms with Crippen molar-refractivity contribution >= 4 is 11.6 Å². The Hall–Kier alpha value is -2.55. The Morgan fingerprint density at radius 1 is 1.22 bits per heavy atom. The first-order chi connectivity index (χ1) is 15.3. The van der Waals surface area contributed by atoms with E-state index >= 15 is 0 Å². The first-order valence-electron chi connectivity index (χ1n) is 11.0. The van der Waals surface area contributed by atoms with E-state index in [0.717, 1.165) is 35.0 Å². The Labute approximate surface area is 184 Å². The van der Waals surface area contributed by atoms with Crippen molar-refractivity contribution in [1.82, 2.24) is 4.90 Å². The van der Waals surface area contributed by atoms with Crippen molar-refractivity contribution in [2.24, 2.45) is 5.92 Å². The number of fused-ring (bicyclic) bond motifs is 2. The largest absolute Gasteiger partial charge is 0.487 e. The number of halogens is 2. The van der Waals surface area contributed by atoms with Crippen molar-refractivity contribution in [2.45, 2.75) is 43.5 Å². The molecule has 0 radical (unpaired) electrons. The summed E-state index contributed by atoms with van der Waals surface area (Å²) in [6, 6.07) is 8.68. The highest BCUT2D eigenvalue weighted by molar-refractivity contribution is 5.93. The number of anilines is 1. The van der Waals surface area contributed by atoms with Crippen LogP contribution in [0.15, 0.2) is 36.4 Å². The SMILES string of the molecule is O=C1CCc2cc(C(O)CN3C[C@@H]4C[C@@H](Oc5cc(F)ccc5F)C[C@]4(O)C3)ccc2N1. The normalized spacial score (nSPS) is 28.2. The molecule has 3 aliphatic rings. The molecule has 170 valence electrons. The van der Waals surface area contributed by atoms with Crippen molar-refractivity contribution in [3.63, 3.8) is 0 Å². The van der Waals surface area contributed by atoms with Gasteiger partial charge in [-0.25, -0.2) is 8.78 Å². The van der Waals surface area contributed by atoms with E-state index in [0.29, 0.717) is 45.3 Å². The molecule has 2 aliphatic heterocycles. The summed E-state index contributed by atoms with van der Waals surface area (Å²) in [5, 5.41) is 24.7. The molecule has 5 rings (SSSR count). The lowest BCUT2D eigenvalue weighted by Gasteiger charge is -2.25. The summed E-state index contributed by atoms with van der Waals surface area (Å²) < 4.78 is 33.0. The van der Waals surface area contributed by atoms with Crippen LogP contribution in [0.25, 0.3) is 0 Å². The van der Waals surface area contributed by atoms with E-state index < -0.39 is 23.3 Å². The Bertz CT molecular complexity index is 1050. The molecule has 0 aromatic heterocycles. The van der Waals surface area contributed by atoms with Crippen LogP contribution in [0.1, 0.15) is 36.5 Å². The summed E-state index contributed by atoms with van der Waals surface area (Å²) >= 11 is 0. The lowest BCUT2D eigenvalue weighted by molar-refractivity contribution is -0.116. The van der Waals surface area contributed by atoms with E-state index in [1.807, 2.05) is 23.1 Å². The van der Waals surface area contributed by atoms with Crippen molar-refractivity contribution in [3.05, 3.63) is 59.2 Å². The van der Waals surface area contributed by atoms with Crippen molar-refractivity contribution in [1.29, 1.82) is 0 Å². The van der Waals surface area contributed by atoms with Crippen molar-refractivity contribution in [2.75, 3.05) is 25.0 Å². The second-order valence-electron chi connectivity index (χ2n) is 9.23. The van der Waals surface area contributed by atoms with Crippen LogP contribution in [0.4, 0.5) is 14.5 Å². The molecule has 1 saturated heterocycles. The maximum Gasteiger partial charge on any atom is 0.224 e. The van der Waals surface area contributed by atoms with Gasteiger partial charge < -0.3 is 20.3 Å². The maximum absolute atomic E-state index is 13.9. The molecule has 6 nitrogen and oxygen atoms in total. The van der Waals surface area contributed by atoms with Gasteiger partial charge in [0.15, 0.2) is 11.6 Å². The number of aliphatic hydroxyl groups excluding tert-OH is 1. The minimum atomic E-state index is -0.978. The summed E-state index contributed by atoms with van der Waals surface area (Å²) in [6.45, 7) is 1.37. The number of nitrogens with zero attached hydrogens (tertiary/aromatic N) is 1. The Morgan fingerprint density at radius 3 is 2.88 bits per heavy atom. The molecule has 2 aromatic rings. The van der Waals surface area contributed by atoms with Crippen molar-refractivity contribution in [3.8, 4) is 5.75 Å². The summed E-state index contributed by atoms with van der Waals surface area (Å²) in [6.07, 6.45) is 0.866. The fourth-order valence-corrected chi connectivity index (χ4v) is 5.32. The number of carbonyl (C=O) groups excluding carboxylic acids is 1. The van der Waals surface area contributed by atoms with Gasteiger partial charge in [0.1, 0.15) is 11.9 Å². The number of rotatable bonds is 5.